The van der Waals surface area contributed by atoms with Crippen LogP contribution in [-0.4, -0.2) is 21.2 Å². The number of hydrogen-bond acceptors (Lipinski definition) is 5. The van der Waals surface area contributed by atoms with Gasteiger partial charge in [0.1, 0.15) is 5.01 Å². The summed E-state index contributed by atoms with van der Waals surface area (Å²) < 4.78 is 0. The van der Waals surface area contributed by atoms with Crippen molar-refractivity contribution < 1.29 is 4.79 Å². The minimum absolute atomic E-state index is 0.170. The number of aromatic amines is 1. The maximum Gasteiger partial charge on any atom is 0.315 e. The smallest absolute Gasteiger partial charge is 0.315 e. The normalized spacial score (nSPS) is 12.0. The third-order valence-electron chi connectivity index (χ3n) is 3.75. The van der Waals surface area contributed by atoms with E-state index in [1.54, 1.807) is 17.5 Å². The summed E-state index contributed by atoms with van der Waals surface area (Å²) in [6, 6.07) is -0.511. The van der Waals surface area contributed by atoms with Gasteiger partial charge in [-0.05, 0) is 32.3 Å². The van der Waals surface area contributed by atoms with E-state index in [0.717, 1.165) is 27.6 Å². The van der Waals surface area contributed by atoms with E-state index < -0.39 is 0 Å². The molecule has 0 saturated heterocycles. The van der Waals surface area contributed by atoms with E-state index >= 15 is 0 Å². The van der Waals surface area contributed by atoms with Gasteiger partial charge in [-0.15, -0.1) is 11.3 Å². The highest BCUT2D eigenvalue weighted by atomic mass is 32.1. The topological polar surface area (TPSA) is 99.8 Å². The molecule has 0 aliphatic heterocycles. The Labute approximate surface area is 144 Å². The molecule has 2 aromatic heterocycles. The molecule has 0 spiro atoms. The zero-order chi connectivity index (χ0) is 17.7. The zero-order valence-electron chi connectivity index (χ0n) is 14.4. The van der Waals surface area contributed by atoms with E-state index in [1.165, 1.54) is 0 Å². The molecule has 130 valence electrons. The van der Waals surface area contributed by atoms with Gasteiger partial charge in [0.05, 0.1) is 18.3 Å². The van der Waals surface area contributed by atoms with E-state index in [-0.39, 0.29) is 24.2 Å². The molecular weight excluding hydrogens is 326 g/mol. The molecule has 0 fully saturated rings. The first-order chi connectivity index (χ1) is 11.5. The molecule has 0 saturated carbocycles. The molecule has 0 unspecified atom stereocenters. The number of nitrogens with zero attached hydrogens (tertiary/aromatic N) is 2. The second kappa shape index (κ2) is 8.05. The fraction of sp³-hybridized carbons (Fsp3) is 0.500. The van der Waals surface area contributed by atoms with Crippen LogP contribution in [0.2, 0.25) is 0 Å². The fourth-order valence-corrected chi connectivity index (χ4v) is 3.29. The number of rotatable bonds is 6. The Balaban J connectivity index is 2.03. The highest BCUT2D eigenvalue weighted by Gasteiger charge is 2.15. The van der Waals surface area contributed by atoms with E-state index in [9.17, 15) is 9.59 Å². The maximum atomic E-state index is 12.1. The zero-order valence-corrected chi connectivity index (χ0v) is 15.2. The standard InChI is InChI=1S/C16H23N5O2S/c1-5-11-12(14(22)21-20-13(11)6-2)8-18-16(23)19-10(4)15-17-7-9(3)24-15/h7,10H,5-6,8H2,1-4H3,(H,21,22)(H2,18,19,23)/t10-/m0/s1. The molecule has 0 aliphatic carbocycles. The Morgan fingerprint density at radius 3 is 2.67 bits per heavy atom. The highest BCUT2D eigenvalue weighted by molar-refractivity contribution is 7.11. The molecule has 0 radical (unpaired) electrons. The highest BCUT2D eigenvalue weighted by Crippen LogP contribution is 2.18. The molecule has 24 heavy (non-hydrogen) atoms. The van der Waals surface area contributed by atoms with Crippen molar-refractivity contribution in [1.29, 1.82) is 0 Å². The van der Waals surface area contributed by atoms with Crippen molar-refractivity contribution >= 4 is 17.4 Å². The van der Waals surface area contributed by atoms with Crippen molar-refractivity contribution in [3.63, 3.8) is 0 Å². The number of carbonyl (C=O) groups is 1. The lowest BCUT2D eigenvalue weighted by atomic mass is 10.0. The van der Waals surface area contributed by atoms with Crippen LogP contribution >= 0.6 is 11.3 Å². The van der Waals surface area contributed by atoms with Gasteiger partial charge in [0, 0.05) is 16.6 Å². The molecule has 2 rings (SSSR count). The van der Waals surface area contributed by atoms with Gasteiger partial charge in [-0.2, -0.15) is 5.10 Å². The van der Waals surface area contributed by atoms with Gasteiger partial charge in [0.15, 0.2) is 0 Å². The number of amides is 2. The van der Waals surface area contributed by atoms with E-state index in [1.807, 2.05) is 27.7 Å². The first-order valence-corrected chi connectivity index (χ1v) is 8.83. The van der Waals surface area contributed by atoms with Gasteiger partial charge in [0.25, 0.3) is 5.56 Å². The average Bonchev–Trinajstić information content (AvgIpc) is 2.99. The Kier molecular flexibility index (Phi) is 6.08. The Morgan fingerprint density at radius 1 is 1.33 bits per heavy atom. The van der Waals surface area contributed by atoms with E-state index in [0.29, 0.717) is 12.0 Å². The van der Waals surface area contributed by atoms with Crippen LogP contribution in [0.15, 0.2) is 11.0 Å². The molecule has 2 amide bonds. The number of urea groups is 1. The molecule has 1 atom stereocenters. The second-order valence-corrected chi connectivity index (χ2v) is 6.79. The predicted molar refractivity (Wildman–Crippen MR) is 94.3 cm³/mol. The lowest BCUT2D eigenvalue weighted by Crippen LogP contribution is -2.38. The minimum Gasteiger partial charge on any atom is -0.334 e. The molecular formula is C16H23N5O2S. The molecule has 0 aromatic carbocycles. The van der Waals surface area contributed by atoms with Crippen LogP contribution in [0.3, 0.4) is 0 Å². The summed E-state index contributed by atoms with van der Waals surface area (Å²) in [6.45, 7) is 7.99. The van der Waals surface area contributed by atoms with Gasteiger partial charge < -0.3 is 10.6 Å². The molecule has 2 aromatic rings. The molecule has 8 heteroatoms. The lowest BCUT2D eigenvalue weighted by Gasteiger charge is -2.14. The summed E-state index contributed by atoms with van der Waals surface area (Å²) in [4.78, 5) is 29.5. The molecule has 3 N–H and O–H groups in total. The SMILES string of the molecule is CCc1n[nH]c(=O)c(CNC(=O)N[C@@H](C)c2ncc(C)s2)c1CC. The number of aryl methyl sites for hydroxylation is 2. The van der Waals surface area contributed by atoms with E-state index in [4.69, 9.17) is 0 Å². The van der Waals surface area contributed by atoms with Gasteiger partial charge in [-0.1, -0.05) is 13.8 Å². The Bertz CT molecular complexity index is 768. The summed E-state index contributed by atoms with van der Waals surface area (Å²) in [7, 11) is 0. The van der Waals surface area contributed by atoms with Crippen molar-refractivity contribution in [1.82, 2.24) is 25.8 Å². The summed E-state index contributed by atoms with van der Waals surface area (Å²) in [5.41, 5.74) is 2.08. The largest absolute Gasteiger partial charge is 0.334 e. The van der Waals surface area contributed by atoms with Crippen LogP contribution in [0.5, 0.6) is 0 Å². The number of aromatic nitrogens is 3. The van der Waals surface area contributed by atoms with Gasteiger partial charge in [0.2, 0.25) is 0 Å². The number of hydrogen-bond donors (Lipinski definition) is 3. The molecule has 2 heterocycles. The van der Waals surface area contributed by atoms with Crippen molar-refractivity contribution in [2.45, 2.75) is 53.1 Å². The van der Waals surface area contributed by atoms with Crippen LogP contribution in [0.25, 0.3) is 0 Å². The third kappa shape index (κ3) is 4.19. The first kappa shape index (κ1) is 18.1. The maximum absolute atomic E-state index is 12.1. The summed E-state index contributed by atoms with van der Waals surface area (Å²) in [5.74, 6) is 0. The minimum atomic E-state index is -0.327. The van der Waals surface area contributed by atoms with Crippen LogP contribution in [0, 0.1) is 6.92 Å². The molecule has 0 bridgehead atoms. The quantitative estimate of drug-likeness (QED) is 0.744. The average molecular weight is 349 g/mol. The number of nitrogens with one attached hydrogen (secondary N) is 3. The van der Waals surface area contributed by atoms with Crippen LogP contribution < -0.4 is 16.2 Å². The van der Waals surface area contributed by atoms with Gasteiger partial charge in [-0.25, -0.2) is 14.9 Å². The number of carbonyl (C=O) groups excluding carboxylic acids is 1. The van der Waals surface area contributed by atoms with Crippen LogP contribution in [0.1, 0.15) is 53.5 Å². The first-order valence-electron chi connectivity index (χ1n) is 8.02. The van der Waals surface area contributed by atoms with Crippen molar-refractivity contribution in [3.8, 4) is 0 Å². The van der Waals surface area contributed by atoms with Crippen molar-refractivity contribution in [3.05, 3.63) is 43.3 Å². The molecule has 7 nitrogen and oxygen atoms in total. The van der Waals surface area contributed by atoms with Gasteiger partial charge >= 0.3 is 6.03 Å². The summed E-state index contributed by atoms with van der Waals surface area (Å²) in [5, 5.41) is 13.0. The molecule has 0 aliphatic rings. The van der Waals surface area contributed by atoms with Crippen LogP contribution in [0.4, 0.5) is 4.79 Å². The lowest BCUT2D eigenvalue weighted by molar-refractivity contribution is 0.237. The Hall–Kier alpha value is -2.22. The van der Waals surface area contributed by atoms with Gasteiger partial charge in [-0.3, -0.25) is 4.79 Å². The predicted octanol–water partition coefficient (Wildman–Crippen LogP) is 2.22. The van der Waals surface area contributed by atoms with Crippen molar-refractivity contribution in [2.75, 3.05) is 0 Å². The van der Waals surface area contributed by atoms with Crippen molar-refractivity contribution in [2.24, 2.45) is 0 Å². The van der Waals surface area contributed by atoms with Crippen LogP contribution in [-0.2, 0) is 19.4 Å². The van der Waals surface area contributed by atoms with E-state index in [2.05, 4.69) is 25.8 Å². The Morgan fingerprint density at radius 2 is 2.08 bits per heavy atom. The second-order valence-electron chi connectivity index (χ2n) is 5.52. The summed E-state index contributed by atoms with van der Waals surface area (Å²) in [6.07, 6.45) is 3.22. The number of H-pyrrole nitrogens is 1. The third-order valence-corrected chi connectivity index (χ3v) is 4.85. The summed E-state index contributed by atoms with van der Waals surface area (Å²) >= 11 is 1.55. The fourth-order valence-electron chi connectivity index (χ4n) is 2.51. The monoisotopic (exact) mass is 349 g/mol. The number of thiazole rings is 1.